The highest BCUT2D eigenvalue weighted by Gasteiger charge is 2.38. The van der Waals surface area contributed by atoms with Gasteiger partial charge in [-0.1, -0.05) is 178 Å². The second-order valence-corrected chi connectivity index (χ2v) is 19.1. The summed E-state index contributed by atoms with van der Waals surface area (Å²) in [6.45, 7) is 4.68. The second kappa shape index (κ2) is 16.4. The van der Waals surface area contributed by atoms with Crippen LogP contribution in [0, 0.1) is 0 Å². The van der Waals surface area contributed by atoms with E-state index in [2.05, 4.69) is 176 Å². The first-order valence-electron chi connectivity index (χ1n) is 24.4. The predicted octanol–water partition coefficient (Wildman–Crippen LogP) is 17.8. The Kier molecular flexibility index (Phi) is 9.45. The number of hydrogen-bond donors (Lipinski definition) is 0. The smallest absolute Gasteiger partial charge is 0.164 e. The lowest BCUT2D eigenvalue weighted by Crippen LogP contribution is -2.16. The quantitative estimate of drug-likeness (QED) is 0.151. The lowest BCUT2D eigenvalue weighted by molar-refractivity contribution is 0.660. The average molecular weight is 925 g/mol. The maximum atomic E-state index is 6.61. The SMILES string of the molecule is CC1(C)c2ccccc2-c2c(N(c3ccc(-c4ccccc4)cc3)c3ccc4oc5ccc(-c6ccc7oc8cccc(-c9nc(-c%10ccccc%10)nc(-c%10ccccc%10)n9)c8c7c6)cc5c4c3)cccc21. The van der Waals surface area contributed by atoms with E-state index in [1.807, 2.05) is 72.8 Å². The van der Waals surface area contributed by atoms with Gasteiger partial charge in [0.15, 0.2) is 17.5 Å². The molecule has 0 atom stereocenters. The molecule has 0 spiro atoms. The molecule has 3 heterocycles. The highest BCUT2D eigenvalue weighted by Crippen LogP contribution is 2.54. The van der Waals surface area contributed by atoms with Crippen molar-refractivity contribution in [2.45, 2.75) is 19.3 Å². The summed E-state index contributed by atoms with van der Waals surface area (Å²) in [4.78, 5) is 17.6. The molecule has 0 saturated carbocycles. The van der Waals surface area contributed by atoms with Gasteiger partial charge in [-0.15, -0.1) is 0 Å². The molecule has 0 saturated heterocycles. The lowest BCUT2D eigenvalue weighted by atomic mass is 9.82. The summed E-state index contributed by atoms with van der Waals surface area (Å²) in [5, 5.41) is 4.01. The first-order chi connectivity index (χ1) is 35.4. The summed E-state index contributed by atoms with van der Waals surface area (Å²) in [5.41, 5.74) is 18.7. The van der Waals surface area contributed by atoms with E-state index in [0.29, 0.717) is 17.5 Å². The summed E-state index contributed by atoms with van der Waals surface area (Å²) < 4.78 is 13.2. The van der Waals surface area contributed by atoms with Crippen LogP contribution in [0.15, 0.2) is 239 Å². The maximum absolute atomic E-state index is 6.61. The maximum Gasteiger partial charge on any atom is 0.164 e. The zero-order valence-electron chi connectivity index (χ0n) is 39.5. The number of anilines is 3. The molecule has 6 heteroatoms. The van der Waals surface area contributed by atoms with Crippen molar-refractivity contribution in [1.29, 1.82) is 0 Å². The van der Waals surface area contributed by atoms with Crippen LogP contribution in [-0.2, 0) is 5.41 Å². The standard InChI is InChI=1S/C66H44N4O2/c1-66(2)54-24-13-12-22-49(54)62-55(66)25-15-26-56(62)70(47-32-28-42(29-33-47)41-16-6-3-7-17-41)48-34-37-58-52(40-48)51-38-45(30-35-57(51)71-58)46-31-36-59-53(39-46)61-50(23-14-27-60(61)72-59)65-68-63(43-18-8-4-9-19-43)67-64(69-65)44-20-10-5-11-21-44/h3-40H,1-2H3. The number of aromatic nitrogens is 3. The van der Waals surface area contributed by atoms with Gasteiger partial charge < -0.3 is 13.7 Å². The molecule has 1 aliphatic carbocycles. The van der Waals surface area contributed by atoms with Crippen LogP contribution in [0.3, 0.4) is 0 Å². The molecule has 6 nitrogen and oxygen atoms in total. The van der Waals surface area contributed by atoms with Gasteiger partial charge in [-0.25, -0.2) is 15.0 Å². The molecule has 0 N–H and O–H groups in total. The minimum absolute atomic E-state index is 0.149. The third-order valence-corrected chi connectivity index (χ3v) is 14.5. The van der Waals surface area contributed by atoms with Crippen molar-refractivity contribution in [3.63, 3.8) is 0 Å². The van der Waals surface area contributed by atoms with Crippen LogP contribution >= 0.6 is 0 Å². The minimum Gasteiger partial charge on any atom is -0.456 e. The molecule has 0 bridgehead atoms. The van der Waals surface area contributed by atoms with Gasteiger partial charge in [-0.2, -0.15) is 0 Å². The number of hydrogen-bond acceptors (Lipinski definition) is 6. The van der Waals surface area contributed by atoms with Crippen molar-refractivity contribution < 1.29 is 8.83 Å². The number of benzene rings is 10. The van der Waals surface area contributed by atoms with Crippen LogP contribution in [0.2, 0.25) is 0 Å². The normalized spacial score (nSPS) is 12.7. The van der Waals surface area contributed by atoms with E-state index in [1.165, 1.54) is 33.4 Å². The largest absolute Gasteiger partial charge is 0.456 e. The predicted molar refractivity (Wildman–Crippen MR) is 294 cm³/mol. The zero-order chi connectivity index (χ0) is 47.9. The monoisotopic (exact) mass is 924 g/mol. The molecule has 3 aromatic heterocycles. The van der Waals surface area contributed by atoms with E-state index in [-0.39, 0.29) is 5.41 Å². The Morgan fingerprint density at radius 1 is 0.347 bits per heavy atom. The van der Waals surface area contributed by atoms with Gasteiger partial charge in [0.2, 0.25) is 0 Å². The molecule has 10 aromatic carbocycles. The van der Waals surface area contributed by atoms with Crippen LogP contribution in [0.1, 0.15) is 25.0 Å². The molecular weight excluding hydrogens is 881 g/mol. The van der Waals surface area contributed by atoms with Crippen LogP contribution in [-0.4, -0.2) is 15.0 Å². The third-order valence-electron chi connectivity index (χ3n) is 14.5. The molecule has 14 rings (SSSR count). The molecule has 0 amide bonds. The van der Waals surface area contributed by atoms with E-state index in [9.17, 15) is 0 Å². The van der Waals surface area contributed by atoms with Crippen LogP contribution in [0.4, 0.5) is 17.1 Å². The van der Waals surface area contributed by atoms with E-state index in [4.69, 9.17) is 23.8 Å². The highest BCUT2D eigenvalue weighted by atomic mass is 16.3. The van der Waals surface area contributed by atoms with Gasteiger partial charge >= 0.3 is 0 Å². The van der Waals surface area contributed by atoms with Crippen molar-refractivity contribution >= 4 is 60.9 Å². The van der Waals surface area contributed by atoms with Crippen molar-refractivity contribution in [1.82, 2.24) is 15.0 Å². The molecule has 0 aliphatic heterocycles. The van der Waals surface area contributed by atoms with Gasteiger partial charge in [0.25, 0.3) is 0 Å². The Balaban J connectivity index is 0.907. The number of fused-ring (bicyclic) bond motifs is 9. The third kappa shape index (κ3) is 6.75. The molecular formula is C66H44N4O2. The van der Waals surface area contributed by atoms with Crippen LogP contribution < -0.4 is 4.90 Å². The molecule has 0 unspecified atom stereocenters. The summed E-state index contributed by atoms with van der Waals surface area (Å²) in [5.74, 6) is 1.80. The van der Waals surface area contributed by atoms with Gasteiger partial charge in [0.05, 0.1) is 5.69 Å². The molecule has 340 valence electrons. The second-order valence-electron chi connectivity index (χ2n) is 19.1. The number of rotatable bonds is 8. The first kappa shape index (κ1) is 41.6. The fraction of sp³-hybridized carbons (Fsp3) is 0.0455. The average Bonchev–Trinajstić information content (AvgIpc) is 4.08. The molecule has 0 radical (unpaired) electrons. The lowest BCUT2D eigenvalue weighted by Gasteiger charge is -2.29. The summed E-state index contributed by atoms with van der Waals surface area (Å²) >= 11 is 0. The Morgan fingerprint density at radius 3 is 1.53 bits per heavy atom. The Morgan fingerprint density at radius 2 is 0.833 bits per heavy atom. The van der Waals surface area contributed by atoms with Gasteiger partial charge in [-0.3, -0.25) is 0 Å². The van der Waals surface area contributed by atoms with Crippen molar-refractivity contribution in [3.05, 3.63) is 242 Å². The minimum atomic E-state index is -0.149. The number of furan rings is 2. The fourth-order valence-electron chi connectivity index (χ4n) is 11.0. The summed E-state index contributed by atoms with van der Waals surface area (Å²) in [6.07, 6.45) is 0. The Bertz CT molecular complexity index is 4180. The van der Waals surface area contributed by atoms with E-state index in [1.54, 1.807) is 0 Å². The Labute approximate surface area is 416 Å². The van der Waals surface area contributed by atoms with E-state index in [0.717, 1.165) is 88.8 Å². The molecule has 72 heavy (non-hydrogen) atoms. The zero-order valence-corrected chi connectivity index (χ0v) is 39.5. The first-order valence-corrected chi connectivity index (χ1v) is 24.4. The molecule has 0 fully saturated rings. The fourth-order valence-corrected chi connectivity index (χ4v) is 11.0. The van der Waals surface area contributed by atoms with E-state index < -0.39 is 0 Å². The summed E-state index contributed by atoms with van der Waals surface area (Å²) in [7, 11) is 0. The summed E-state index contributed by atoms with van der Waals surface area (Å²) in [6, 6.07) is 81.0. The topological polar surface area (TPSA) is 68.2 Å². The van der Waals surface area contributed by atoms with Crippen molar-refractivity contribution in [3.8, 4) is 67.5 Å². The van der Waals surface area contributed by atoms with Gasteiger partial charge in [-0.05, 0) is 106 Å². The van der Waals surface area contributed by atoms with Crippen molar-refractivity contribution in [2.24, 2.45) is 0 Å². The van der Waals surface area contributed by atoms with Gasteiger partial charge in [0, 0.05) is 60.6 Å². The Hall–Kier alpha value is -9.39. The van der Waals surface area contributed by atoms with E-state index >= 15 is 0 Å². The highest BCUT2D eigenvalue weighted by molar-refractivity contribution is 6.13. The van der Waals surface area contributed by atoms with Crippen LogP contribution in [0.25, 0.3) is 111 Å². The molecule has 1 aliphatic rings. The number of nitrogens with zero attached hydrogens (tertiary/aromatic N) is 4. The van der Waals surface area contributed by atoms with Crippen LogP contribution in [0.5, 0.6) is 0 Å². The van der Waals surface area contributed by atoms with Crippen molar-refractivity contribution in [2.75, 3.05) is 4.90 Å². The van der Waals surface area contributed by atoms with Gasteiger partial charge in [0.1, 0.15) is 22.3 Å². The molecule has 13 aromatic rings.